The van der Waals surface area contributed by atoms with Crippen LogP contribution in [0.1, 0.15) is 0 Å². The molecule has 0 amide bonds. The summed E-state index contributed by atoms with van der Waals surface area (Å²) in [6.07, 6.45) is -0.870. The van der Waals surface area contributed by atoms with Crippen molar-refractivity contribution in [2.45, 2.75) is 6.41 Å². The molecule has 0 heterocycles. The quantitative estimate of drug-likeness (QED) is 0.525. The second-order valence-corrected chi connectivity index (χ2v) is 1.74. The lowest BCUT2D eigenvalue weighted by atomic mass is 10.8. The fourth-order valence-electron chi connectivity index (χ4n) is 0.447. The first kappa shape index (κ1) is 8.84. The van der Waals surface area contributed by atoms with Gasteiger partial charge in [0.15, 0.2) is 0 Å². The Morgan fingerprint density at radius 2 is 2.11 bits per heavy atom. The highest BCUT2D eigenvalue weighted by molar-refractivity contribution is 4.35. The predicted octanol–water partition coefficient (Wildman–Crippen LogP) is -0.556. The second kappa shape index (κ2) is 4.69. The van der Waals surface area contributed by atoms with Gasteiger partial charge in [0.05, 0.1) is 0 Å². The molecular weight excluding hydrogens is 122 g/mol. The number of hydrogen-bond acceptors (Lipinski definition) is 4. The number of nitrogens with zero attached hydrogens (tertiary/aromatic N) is 1. The molecule has 0 spiro atoms. The summed E-state index contributed by atoms with van der Waals surface area (Å²) in [5.74, 6) is 0. The first-order valence-electron chi connectivity index (χ1n) is 2.62. The highest BCUT2D eigenvalue weighted by Gasteiger charge is 2.06. The molecule has 0 aliphatic heterocycles. The predicted molar refractivity (Wildman–Crippen MR) is 32.7 cm³/mol. The van der Waals surface area contributed by atoms with Crippen LogP contribution in [-0.2, 0) is 9.47 Å². The number of aliphatic hydroxyl groups excluding tert-OH is 1. The molecule has 56 valence electrons. The van der Waals surface area contributed by atoms with E-state index >= 15 is 0 Å². The lowest BCUT2D eigenvalue weighted by molar-refractivity contribution is -0.189. The van der Waals surface area contributed by atoms with Crippen LogP contribution in [0.2, 0.25) is 0 Å². The van der Waals surface area contributed by atoms with E-state index in [1.165, 1.54) is 12.0 Å². The molecule has 1 unspecified atom stereocenters. The molecule has 1 atom stereocenters. The van der Waals surface area contributed by atoms with Crippen LogP contribution in [0, 0.1) is 0 Å². The van der Waals surface area contributed by atoms with Gasteiger partial charge in [-0.1, -0.05) is 0 Å². The van der Waals surface area contributed by atoms with Crippen molar-refractivity contribution in [3.05, 3.63) is 0 Å². The van der Waals surface area contributed by atoms with E-state index in [1.807, 2.05) is 0 Å². The van der Waals surface area contributed by atoms with Gasteiger partial charge in [0.1, 0.15) is 6.73 Å². The van der Waals surface area contributed by atoms with Gasteiger partial charge in [-0.15, -0.1) is 0 Å². The first-order valence-corrected chi connectivity index (χ1v) is 2.62. The molecule has 0 saturated heterocycles. The van der Waals surface area contributed by atoms with Gasteiger partial charge < -0.3 is 14.6 Å². The Morgan fingerprint density at radius 3 is 2.44 bits per heavy atom. The maximum Gasteiger partial charge on any atom is 0.217 e. The summed E-state index contributed by atoms with van der Waals surface area (Å²) in [4.78, 5) is 1.51. The van der Waals surface area contributed by atoms with Crippen LogP contribution in [0.4, 0.5) is 0 Å². The zero-order valence-corrected chi connectivity index (χ0v) is 6.00. The first-order chi connectivity index (χ1) is 4.22. The number of methoxy groups -OCH3 is 2. The zero-order chi connectivity index (χ0) is 7.28. The smallest absolute Gasteiger partial charge is 0.217 e. The third-order valence-corrected chi connectivity index (χ3v) is 0.921. The zero-order valence-electron chi connectivity index (χ0n) is 6.00. The van der Waals surface area contributed by atoms with Crippen LogP contribution in [0.25, 0.3) is 0 Å². The van der Waals surface area contributed by atoms with E-state index < -0.39 is 6.41 Å². The van der Waals surface area contributed by atoms with Gasteiger partial charge >= 0.3 is 0 Å². The summed E-state index contributed by atoms with van der Waals surface area (Å²) in [6, 6.07) is 0. The molecule has 0 aromatic rings. The van der Waals surface area contributed by atoms with E-state index in [9.17, 15) is 0 Å². The van der Waals surface area contributed by atoms with E-state index in [1.54, 1.807) is 14.2 Å². The van der Waals surface area contributed by atoms with Gasteiger partial charge in [-0.2, -0.15) is 0 Å². The Hall–Kier alpha value is -0.160. The minimum Gasteiger partial charge on any atom is -0.369 e. The van der Waals surface area contributed by atoms with Crippen LogP contribution < -0.4 is 0 Å². The third kappa shape index (κ3) is 3.42. The molecule has 0 aliphatic rings. The number of rotatable bonds is 4. The van der Waals surface area contributed by atoms with Crippen LogP contribution in [0.5, 0.6) is 0 Å². The van der Waals surface area contributed by atoms with E-state index in [0.717, 1.165) is 0 Å². The Balaban J connectivity index is 3.32. The van der Waals surface area contributed by atoms with Crippen molar-refractivity contribution in [1.29, 1.82) is 0 Å². The maximum atomic E-state index is 8.88. The van der Waals surface area contributed by atoms with Gasteiger partial charge in [-0.3, -0.25) is 0 Å². The van der Waals surface area contributed by atoms with E-state index in [0.29, 0.717) is 6.73 Å². The van der Waals surface area contributed by atoms with Crippen molar-refractivity contribution in [1.82, 2.24) is 4.90 Å². The van der Waals surface area contributed by atoms with E-state index in [4.69, 9.17) is 9.84 Å². The van der Waals surface area contributed by atoms with Gasteiger partial charge in [-0.25, -0.2) is 4.90 Å². The topological polar surface area (TPSA) is 41.9 Å². The average molecular weight is 135 g/mol. The van der Waals surface area contributed by atoms with Crippen molar-refractivity contribution in [3.63, 3.8) is 0 Å². The monoisotopic (exact) mass is 135 g/mol. The van der Waals surface area contributed by atoms with Crippen molar-refractivity contribution in [3.8, 4) is 0 Å². The second-order valence-electron chi connectivity index (χ2n) is 1.74. The normalized spacial score (nSPS) is 14.3. The van der Waals surface area contributed by atoms with Crippen molar-refractivity contribution < 1.29 is 14.6 Å². The fraction of sp³-hybridized carbons (Fsp3) is 1.00. The summed E-state index contributed by atoms with van der Waals surface area (Å²) >= 11 is 0. The number of ether oxygens (including phenoxy) is 2. The maximum absolute atomic E-state index is 8.88. The summed E-state index contributed by atoms with van der Waals surface area (Å²) in [5, 5.41) is 8.88. The van der Waals surface area contributed by atoms with Gasteiger partial charge in [0.25, 0.3) is 0 Å². The molecular formula is C5H13NO3. The van der Waals surface area contributed by atoms with Crippen LogP contribution >= 0.6 is 0 Å². The Labute approximate surface area is 55.0 Å². The minimum atomic E-state index is -0.870. The lowest BCUT2D eigenvalue weighted by Gasteiger charge is -2.19. The average Bonchev–Trinajstić information content (AvgIpc) is 1.87. The van der Waals surface area contributed by atoms with E-state index in [2.05, 4.69) is 4.74 Å². The van der Waals surface area contributed by atoms with Crippen LogP contribution in [0.15, 0.2) is 0 Å². The van der Waals surface area contributed by atoms with Crippen molar-refractivity contribution in [2.75, 3.05) is 28.0 Å². The SMILES string of the molecule is COCN(C)C(O)OC. The molecule has 0 bridgehead atoms. The van der Waals surface area contributed by atoms with E-state index in [-0.39, 0.29) is 0 Å². The highest BCUT2D eigenvalue weighted by atomic mass is 16.6. The third-order valence-electron chi connectivity index (χ3n) is 0.921. The van der Waals surface area contributed by atoms with Crippen LogP contribution in [-0.4, -0.2) is 44.4 Å². The van der Waals surface area contributed by atoms with Gasteiger partial charge in [-0.05, 0) is 7.05 Å². The lowest BCUT2D eigenvalue weighted by Crippen LogP contribution is -2.34. The Bertz CT molecular complexity index is 69.2. The summed E-state index contributed by atoms with van der Waals surface area (Å²) < 4.78 is 9.28. The summed E-state index contributed by atoms with van der Waals surface area (Å²) in [6.45, 7) is 0.356. The molecule has 4 nitrogen and oxygen atoms in total. The standard InChI is InChI=1S/C5H13NO3/c1-6(4-8-2)5(7)9-3/h5,7H,4H2,1-3H3. The molecule has 0 aromatic carbocycles. The van der Waals surface area contributed by atoms with Crippen LogP contribution in [0.3, 0.4) is 0 Å². The Kier molecular flexibility index (Phi) is 4.61. The molecule has 4 heteroatoms. The number of hydrogen-bond donors (Lipinski definition) is 1. The molecule has 0 fully saturated rings. The Morgan fingerprint density at radius 1 is 1.56 bits per heavy atom. The van der Waals surface area contributed by atoms with Crippen molar-refractivity contribution in [2.24, 2.45) is 0 Å². The minimum absolute atomic E-state index is 0.356. The summed E-state index contributed by atoms with van der Waals surface area (Å²) in [5.41, 5.74) is 0. The molecule has 0 rings (SSSR count). The van der Waals surface area contributed by atoms with Crippen molar-refractivity contribution >= 4 is 0 Å². The molecule has 9 heavy (non-hydrogen) atoms. The molecule has 0 saturated carbocycles. The molecule has 1 N–H and O–H groups in total. The van der Waals surface area contributed by atoms with Gasteiger partial charge in [0.2, 0.25) is 6.41 Å². The number of aliphatic hydroxyl groups is 1. The summed E-state index contributed by atoms with van der Waals surface area (Å²) in [7, 11) is 4.67. The van der Waals surface area contributed by atoms with Gasteiger partial charge in [0, 0.05) is 14.2 Å². The molecule has 0 aliphatic carbocycles. The largest absolute Gasteiger partial charge is 0.369 e. The molecule has 0 aromatic heterocycles. The molecule has 0 radical (unpaired) electrons. The highest BCUT2D eigenvalue weighted by Crippen LogP contribution is 1.90. The fourth-order valence-corrected chi connectivity index (χ4v) is 0.447.